The lowest BCUT2D eigenvalue weighted by molar-refractivity contribution is -0.137. The number of nitrogens with one attached hydrogen (secondary N) is 1. The van der Waals surface area contributed by atoms with E-state index in [0.29, 0.717) is 10.7 Å². The summed E-state index contributed by atoms with van der Waals surface area (Å²) in [6.07, 6.45) is -4.54. The van der Waals surface area contributed by atoms with Gasteiger partial charge in [-0.25, -0.2) is 0 Å². The van der Waals surface area contributed by atoms with Gasteiger partial charge in [-0.1, -0.05) is 11.6 Å². The van der Waals surface area contributed by atoms with Crippen molar-refractivity contribution >= 4 is 28.9 Å². The Labute approximate surface area is 123 Å². The van der Waals surface area contributed by atoms with Gasteiger partial charge >= 0.3 is 6.18 Å². The number of alkyl halides is 3. The van der Waals surface area contributed by atoms with E-state index in [9.17, 15) is 18.0 Å². The number of carbonyl (C=O) groups is 1. The normalized spacial score (nSPS) is 11.2. The summed E-state index contributed by atoms with van der Waals surface area (Å²) in [4.78, 5) is 12.0. The van der Waals surface area contributed by atoms with Crippen molar-refractivity contribution in [3.63, 3.8) is 0 Å². The molecule has 2 rings (SSSR count). The fourth-order valence-electron chi connectivity index (χ4n) is 1.66. The minimum Gasteiger partial charge on any atom is -0.398 e. The van der Waals surface area contributed by atoms with Crippen LogP contribution >= 0.6 is 11.6 Å². The van der Waals surface area contributed by atoms with Crippen LogP contribution in [0.1, 0.15) is 15.9 Å². The van der Waals surface area contributed by atoms with Crippen LogP contribution in [-0.4, -0.2) is 5.91 Å². The van der Waals surface area contributed by atoms with Crippen LogP contribution in [-0.2, 0) is 6.18 Å². The van der Waals surface area contributed by atoms with Gasteiger partial charge in [0.05, 0.1) is 11.1 Å². The lowest BCUT2D eigenvalue weighted by Crippen LogP contribution is -2.16. The van der Waals surface area contributed by atoms with Crippen molar-refractivity contribution in [2.45, 2.75) is 6.18 Å². The van der Waals surface area contributed by atoms with Gasteiger partial charge in [0.15, 0.2) is 0 Å². The van der Waals surface area contributed by atoms with Crippen LogP contribution in [0.3, 0.4) is 0 Å². The zero-order valence-electron chi connectivity index (χ0n) is 10.5. The second-order valence-electron chi connectivity index (χ2n) is 4.26. The highest BCUT2D eigenvalue weighted by molar-refractivity contribution is 6.30. The van der Waals surface area contributed by atoms with Gasteiger partial charge in [-0.15, -0.1) is 0 Å². The summed E-state index contributed by atoms with van der Waals surface area (Å²) in [7, 11) is 0. The molecule has 21 heavy (non-hydrogen) atoms. The van der Waals surface area contributed by atoms with Gasteiger partial charge in [0.2, 0.25) is 0 Å². The van der Waals surface area contributed by atoms with Crippen molar-refractivity contribution in [2.24, 2.45) is 0 Å². The third kappa shape index (κ3) is 3.66. The van der Waals surface area contributed by atoms with Crippen molar-refractivity contribution in [3.05, 3.63) is 58.6 Å². The van der Waals surface area contributed by atoms with E-state index in [1.807, 2.05) is 0 Å². The Morgan fingerprint density at radius 1 is 1.10 bits per heavy atom. The average Bonchev–Trinajstić information content (AvgIpc) is 2.40. The highest BCUT2D eigenvalue weighted by atomic mass is 35.5. The first kappa shape index (κ1) is 15.2. The van der Waals surface area contributed by atoms with E-state index in [1.54, 1.807) is 12.1 Å². The minimum atomic E-state index is -4.54. The van der Waals surface area contributed by atoms with Gasteiger partial charge in [0, 0.05) is 16.4 Å². The van der Waals surface area contributed by atoms with E-state index >= 15 is 0 Å². The van der Waals surface area contributed by atoms with Gasteiger partial charge in [0.25, 0.3) is 5.91 Å². The number of nitrogens with two attached hydrogens (primary N) is 1. The van der Waals surface area contributed by atoms with Crippen LogP contribution in [0.2, 0.25) is 5.02 Å². The van der Waals surface area contributed by atoms with Crippen molar-refractivity contribution in [1.82, 2.24) is 0 Å². The maximum Gasteiger partial charge on any atom is 0.416 e. The number of nitrogen functional groups attached to an aromatic ring is 1. The fourth-order valence-corrected chi connectivity index (χ4v) is 1.79. The summed E-state index contributed by atoms with van der Waals surface area (Å²) in [5.41, 5.74) is 4.76. The van der Waals surface area contributed by atoms with Gasteiger partial charge in [-0.3, -0.25) is 4.79 Å². The summed E-state index contributed by atoms with van der Waals surface area (Å²) in [5.74, 6) is -0.721. The summed E-state index contributed by atoms with van der Waals surface area (Å²) in [6, 6.07) is 8.77. The van der Waals surface area contributed by atoms with Crippen molar-refractivity contribution in [1.29, 1.82) is 0 Å². The van der Waals surface area contributed by atoms with Crippen LogP contribution in [0.4, 0.5) is 24.5 Å². The quantitative estimate of drug-likeness (QED) is 0.816. The zero-order chi connectivity index (χ0) is 15.6. The Morgan fingerprint density at radius 2 is 1.71 bits per heavy atom. The fraction of sp³-hybridized carbons (Fsp3) is 0.0714. The molecule has 0 unspecified atom stereocenters. The summed E-state index contributed by atoms with van der Waals surface area (Å²) in [5, 5.41) is 2.94. The molecule has 0 aliphatic carbocycles. The number of hydrogen-bond donors (Lipinski definition) is 2. The molecule has 0 heterocycles. The molecule has 0 fully saturated rings. The molecule has 3 N–H and O–H groups in total. The molecule has 2 aromatic rings. The second kappa shape index (κ2) is 5.65. The van der Waals surface area contributed by atoms with Crippen LogP contribution < -0.4 is 11.1 Å². The molecule has 0 radical (unpaired) electrons. The molecule has 7 heteroatoms. The number of carbonyl (C=O) groups excluding carboxylic acids is 1. The van der Waals surface area contributed by atoms with Gasteiger partial charge in [-0.2, -0.15) is 13.2 Å². The number of amides is 1. The Balaban J connectivity index is 2.28. The van der Waals surface area contributed by atoms with E-state index in [4.69, 9.17) is 17.3 Å². The van der Waals surface area contributed by atoms with Gasteiger partial charge in [0.1, 0.15) is 0 Å². The third-order valence-corrected chi connectivity index (χ3v) is 2.98. The molecule has 0 spiro atoms. The van der Waals surface area contributed by atoms with Gasteiger partial charge < -0.3 is 11.1 Å². The van der Waals surface area contributed by atoms with Crippen LogP contribution in [0, 0.1) is 0 Å². The monoisotopic (exact) mass is 314 g/mol. The van der Waals surface area contributed by atoms with Crippen LogP contribution in [0.5, 0.6) is 0 Å². The molecule has 0 aromatic heterocycles. The standard InChI is InChI=1S/C14H10ClF3N2O/c15-9-2-4-10(5-3-9)20-13(21)11-7-8(14(16,17)18)1-6-12(11)19/h1-7H,19H2,(H,20,21). The number of rotatable bonds is 2. The molecule has 110 valence electrons. The molecule has 0 saturated carbocycles. The Kier molecular flexibility index (Phi) is 4.09. The largest absolute Gasteiger partial charge is 0.416 e. The van der Waals surface area contributed by atoms with Crippen molar-refractivity contribution < 1.29 is 18.0 Å². The van der Waals surface area contributed by atoms with E-state index in [-0.39, 0.29) is 11.3 Å². The molecule has 3 nitrogen and oxygen atoms in total. The van der Waals surface area contributed by atoms with Crippen LogP contribution in [0.25, 0.3) is 0 Å². The van der Waals surface area contributed by atoms with Crippen molar-refractivity contribution in [3.8, 4) is 0 Å². The average molecular weight is 315 g/mol. The third-order valence-electron chi connectivity index (χ3n) is 2.73. The van der Waals surface area contributed by atoms with Gasteiger partial charge in [-0.05, 0) is 42.5 Å². The lowest BCUT2D eigenvalue weighted by Gasteiger charge is -2.11. The Hall–Kier alpha value is -2.21. The predicted octanol–water partition coefficient (Wildman–Crippen LogP) is 4.19. The molecular formula is C14H10ClF3N2O. The molecule has 1 amide bonds. The summed E-state index contributed by atoms with van der Waals surface area (Å²) in [6.45, 7) is 0. The lowest BCUT2D eigenvalue weighted by atomic mass is 10.1. The SMILES string of the molecule is Nc1ccc(C(F)(F)F)cc1C(=O)Nc1ccc(Cl)cc1. The molecule has 2 aromatic carbocycles. The van der Waals surface area contributed by atoms with E-state index in [2.05, 4.69) is 5.32 Å². The van der Waals surface area contributed by atoms with Crippen LogP contribution in [0.15, 0.2) is 42.5 Å². The molecule has 0 aliphatic rings. The second-order valence-corrected chi connectivity index (χ2v) is 4.70. The topological polar surface area (TPSA) is 55.1 Å². The molecule has 0 aliphatic heterocycles. The Morgan fingerprint density at radius 3 is 2.29 bits per heavy atom. The molecular weight excluding hydrogens is 305 g/mol. The minimum absolute atomic E-state index is 0.0329. The first-order valence-electron chi connectivity index (χ1n) is 5.81. The smallest absolute Gasteiger partial charge is 0.398 e. The summed E-state index contributed by atoms with van der Waals surface area (Å²) >= 11 is 5.70. The first-order chi connectivity index (χ1) is 9.77. The molecule has 0 atom stereocenters. The number of benzene rings is 2. The number of anilines is 2. The van der Waals surface area contributed by atoms with E-state index < -0.39 is 17.6 Å². The summed E-state index contributed by atoms with van der Waals surface area (Å²) < 4.78 is 37.9. The van der Waals surface area contributed by atoms with Crippen molar-refractivity contribution in [2.75, 3.05) is 11.1 Å². The zero-order valence-corrected chi connectivity index (χ0v) is 11.3. The maximum absolute atomic E-state index is 12.6. The molecule has 0 bridgehead atoms. The Bertz CT molecular complexity index is 669. The maximum atomic E-state index is 12.6. The molecule has 0 saturated heterocycles. The van der Waals surface area contributed by atoms with E-state index in [1.165, 1.54) is 12.1 Å². The number of hydrogen-bond acceptors (Lipinski definition) is 2. The predicted molar refractivity (Wildman–Crippen MR) is 75.3 cm³/mol. The first-order valence-corrected chi connectivity index (χ1v) is 6.19. The van der Waals surface area contributed by atoms with E-state index in [0.717, 1.165) is 18.2 Å². The highest BCUT2D eigenvalue weighted by Gasteiger charge is 2.31. The number of halogens is 4. The highest BCUT2D eigenvalue weighted by Crippen LogP contribution is 2.31.